The first-order valence-corrected chi connectivity index (χ1v) is 7.36. The van der Waals surface area contributed by atoms with Gasteiger partial charge in [0.25, 0.3) is 0 Å². The van der Waals surface area contributed by atoms with Gasteiger partial charge in [-0.1, -0.05) is 40.5 Å². The number of hydrogen-bond acceptors (Lipinski definition) is 2. The molecule has 0 radical (unpaired) electrons. The Balaban J connectivity index is 3.46. The third-order valence-corrected chi connectivity index (χ3v) is 3.04. The first-order chi connectivity index (χ1) is 8.39. The van der Waals surface area contributed by atoms with Gasteiger partial charge >= 0.3 is 0 Å². The van der Waals surface area contributed by atoms with Crippen molar-refractivity contribution in [2.75, 3.05) is 26.7 Å². The zero-order valence-electron chi connectivity index (χ0n) is 13.0. The van der Waals surface area contributed by atoms with Crippen LogP contribution in [-0.4, -0.2) is 37.5 Å². The van der Waals surface area contributed by atoms with Gasteiger partial charge in [0, 0.05) is 19.0 Å². The fourth-order valence-corrected chi connectivity index (χ4v) is 1.88. The summed E-state index contributed by atoms with van der Waals surface area (Å²) in [4.78, 5) is 13.8. The number of amides is 1. The van der Waals surface area contributed by atoms with Gasteiger partial charge in [0.15, 0.2) is 0 Å². The Bertz CT molecular complexity index is 221. The monoisotopic (exact) mass is 256 g/mol. The lowest BCUT2D eigenvalue weighted by Crippen LogP contribution is -2.37. The zero-order chi connectivity index (χ0) is 14.0. The predicted octanol–water partition coefficient (Wildman–Crippen LogP) is 3.05. The van der Waals surface area contributed by atoms with Crippen molar-refractivity contribution in [1.29, 1.82) is 0 Å². The maximum atomic E-state index is 11.9. The van der Waals surface area contributed by atoms with Gasteiger partial charge in [0.1, 0.15) is 0 Å². The minimum Gasteiger partial charge on any atom is -0.345 e. The molecule has 0 heterocycles. The van der Waals surface area contributed by atoms with Crippen molar-refractivity contribution in [3.63, 3.8) is 0 Å². The van der Waals surface area contributed by atoms with Crippen molar-refractivity contribution in [2.45, 2.75) is 59.8 Å². The van der Waals surface area contributed by atoms with E-state index in [0.717, 1.165) is 26.1 Å². The molecule has 0 aliphatic carbocycles. The lowest BCUT2D eigenvalue weighted by atomic mass is 9.95. The van der Waals surface area contributed by atoms with E-state index in [1.54, 1.807) is 0 Å². The molecule has 0 fully saturated rings. The highest BCUT2D eigenvalue weighted by atomic mass is 16.2. The molecule has 108 valence electrons. The lowest BCUT2D eigenvalue weighted by molar-refractivity contribution is -0.138. The highest BCUT2D eigenvalue weighted by molar-refractivity contribution is 5.81. The Morgan fingerprint density at radius 1 is 1.06 bits per heavy atom. The summed E-state index contributed by atoms with van der Waals surface area (Å²) in [6.45, 7) is 11.3. The van der Waals surface area contributed by atoms with Crippen LogP contribution in [0.4, 0.5) is 0 Å². The van der Waals surface area contributed by atoms with E-state index < -0.39 is 0 Å². The van der Waals surface area contributed by atoms with Crippen molar-refractivity contribution in [3.05, 3.63) is 0 Å². The molecule has 0 saturated carbocycles. The van der Waals surface area contributed by atoms with Gasteiger partial charge in [0.05, 0.1) is 0 Å². The SMILES string of the molecule is CCCCNCCCCCN(C)C(=O)C(C)(C)C. The molecule has 0 atom stereocenters. The molecule has 0 aliphatic rings. The molecule has 0 aromatic heterocycles. The van der Waals surface area contributed by atoms with E-state index in [0.29, 0.717) is 0 Å². The Labute approximate surface area is 113 Å². The molecule has 0 aliphatic heterocycles. The molecular weight excluding hydrogens is 224 g/mol. The van der Waals surface area contributed by atoms with Crippen LogP contribution in [0.5, 0.6) is 0 Å². The van der Waals surface area contributed by atoms with Crippen molar-refractivity contribution in [1.82, 2.24) is 10.2 Å². The summed E-state index contributed by atoms with van der Waals surface area (Å²) in [6.07, 6.45) is 6.03. The van der Waals surface area contributed by atoms with Crippen LogP contribution in [0.2, 0.25) is 0 Å². The summed E-state index contributed by atoms with van der Waals surface area (Å²) < 4.78 is 0. The highest BCUT2D eigenvalue weighted by Gasteiger charge is 2.24. The molecule has 0 unspecified atom stereocenters. The highest BCUT2D eigenvalue weighted by Crippen LogP contribution is 2.16. The number of nitrogens with zero attached hydrogens (tertiary/aromatic N) is 1. The average molecular weight is 256 g/mol. The van der Waals surface area contributed by atoms with E-state index in [4.69, 9.17) is 0 Å². The molecule has 0 rings (SSSR count). The second-order valence-corrected chi connectivity index (χ2v) is 6.14. The minimum absolute atomic E-state index is 0.239. The first kappa shape index (κ1) is 17.4. The van der Waals surface area contributed by atoms with Crippen LogP contribution in [0, 0.1) is 5.41 Å². The van der Waals surface area contributed by atoms with Gasteiger partial charge < -0.3 is 10.2 Å². The maximum absolute atomic E-state index is 11.9. The number of carbonyl (C=O) groups is 1. The third-order valence-electron chi connectivity index (χ3n) is 3.04. The number of hydrogen-bond donors (Lipinski definition) is 1. The molecule has 1 N–H and O–H groups in total. The lowest BCUT2D eigenvalue weighted by Gasteiger charge is -2.25. The second-order valence-electron chi connectivity index (χ2n) is 6.14. The van der Waals surface area contributed by atoms with Crippen molar-refractivity contribution in [2.24, 2.45) is 5.41 Å². The first-order valence-electron chi connectivity index (χ1n) is 7.36. The maximum Gasteiger partial charge on any atom is 0.227 e. The van der Waals surface area contributed by atoms with Crippen LogP contribution in [0.3, 0.4) is 0 Å². The van der Waals surface area contributed by atoms with Crippen LogP contribution < -0.4 is 5.32 Å². The van der Waals surface area contributed by atoms with Gasteiger partial charge in [-0.05, 0) is 32.4 Å². The largest absolute Gasteiger partial charge is 0.345 e. The summed E-state index contributed by atoms with van der Waals surface area (Å²) in [5, 5.41) is 3.44. The summed E-state index contributed by atoms with van der Waals surface area (Å²) in [7, 11) is 1.91. The fourth-order valence-electron chi connectivity index (χ4n) is 1.88. The molecule has 1 amide bonds. The van der Waals surface area contributed by atoms with E-state index in [-0.39, 0.29) is 11.3 Å². The second kappa shape index (κ2) is 9.37. The van der Waals surface area contributed by atoms with Crippen molar-refractivity contribution < 1.29 is 4.79 Å². The van der Waals surface area contributed by atoms with Gasteiger partial charge in [-0.3, -0.25) is 4.79 Å². The standard InChI is InChI=1S/C15H32N2O/c1-6-7-11-16-12-9-8-10-13-17(5)14(18)15(2,3)4/h16H,6-13H2,1-5H3. The Hall–Kier alpha value is -0.570. The number of carbonyl (C=O) groups excluding carboxylic acids is 1. The van der Waals surface area contributed by atoms with E-state index in [1.165, 1.54) is 25.7 Å². The summed E-state index contributed by atoms with van der Waals surface area (Å²) in [6, 6.07) is 0. The zero-order valence-corrected chi connectivity index (χ0v) is 13.0. The van der Waals surface area contributed by atoms with Crippen LogP contribution in [0.15, 0.2) is 0 Å². The Kier molecular flexibility index (Phi) is 9.08. The van der Waals surface area contributed by atoms with E-state index in [1.807, 2.05) is 32.7 Å². The van der Waals surface area contributed by atoms with E-state index in [2.05, 4.69) is 12.2 Å². The Morgan fingerprint density at radius 3 is 2.22 bits per heavy atom. The molecule has 0 saturated heterocycles. The minimum atomic E-state index is -0.254. The van der Waals surface area contributed by atoms with E-state index >= 15 is 0 Å². The smallest absolute Gasteiger partial charge is 0.227 e. The Morgan fingerprint density at radius 2 is 1.67 bits per heavy atom. The molecule has 3 heteroatoms. The summed E-state index contributed by atoms with van der Waals surface area (Å²) in [5.41, 5.74) is -0.254. The quantitative estimate of drug-likeness (QED) is 0.643. The molecule has 0 aromatic carbocycles. The van der Waals surface area contributed by atoms with Gasteiger partial charge in [-0.25, -0.2) is 0 Å². The fraction of sp³-hybridized carbons (Fsp3) is 0.933. The van der Waals surface area contributed by atoms with Crippen molar-refractivity contribution >= 4 is 5.91 Å². The van der Waals surface area contributed by atoms with Crippen molar-refractivity contribution in [3.8, 4) is 0 Å². The molecule has 0 spiro atoms. The summed E-state index contributed by atoms with van der Waals surface area (Å²) >= 11 is 0. The van der Waals surface area contributed by atoms with Gasteiger partial charge in [-0.15, -0.1) is 0 Å². The van der Waals surface area contributed by atoms with Crippen LogP contribution >= 0.6 is 0 Å². The van der Waals surface area contributed by atoms with Crippen LogP contribution in [-0.2, 0) is 4.79 Å². The summed E-state index contributed by atoms with van der Waals surface area (Å²) in [5.74, 6) is 0.239. The van der Waals surface area contributed by atoms with Gasteiger partial charge in [0.2, 0.25) is 5.91 Å². The normalized spacial score (nSPS) is 11.6. The topological polar surface area (TPSA) is 32.3 Å². The number of nitrogens with one attached hydrogen (secondary N) is 1. The van der Waals surface area contributed by atoms with Crippen LogP contribution in [0.1, 0.15) is 59.8 Å². The predicted molar refractivity (Wildman–Crippen MR) is 78.7 cm³/mol. The third kappa shape index (κ3) is 8.51. The molecule has 18 heavy (non-hydrogen) atoms. The number of rotatable bonds is 9. The van der Waals surface area contributed by atoms with E-state index in [9.17, 15) is 4.79 Å². The van der Waals surface area contributed by atoms with Crippen LogP contribution in [0.25, 0.3) is 0 Å². The molecule has 0 bridgehead atoms. The average Bonchev–Trinajstić information content (AvgIpc) is 2.30. The molecule has 0 aromatic rings. The molecular formula is C15H32N2O. The number of unbranched alkanes of at least 4 members (excludes halogenated alkanes) is 3. The van der Waals surface area contributed by atoms with Gasteiger partial charge in [-0.2, -0.15) is 0 Å². The molecule has 3 nitrogen and oxygen atoms in total.